The Balaban J connectivity index is 0.00000196. The van der Waals surface area contributed by atoms with Gasteiger partial charge in [-0.15, -0.1) is 12.4 Å². The van der Waals surface area contributed by atoms with Crippen molar-refractivity contribution in [2.45, 2.75) is 25.7 Å². The largest absolute Gasteiger partial charge is 0.378 e. The molecule has 0 amide bonds. The lowest BCUT2D eigenvalue weighted by atomic mass is 9.89. The third-order valence-electron chi connectivity index (χ3n) is 5.71. The van der Waals surface area contributed by atoms with Gasteiger partial charge in [0.2, 0.25) is 0 Å². The average Bonchev–Trinajstić information content (AvgIpc) is 3.44. The standard InChI is InChI=1S/C22H28N2O.ClH/c1-23(2)21-10-9-17-12-19(8-7-18(17)13-21)22(25)20-4-3-11-24(15-20)14-16-5-6-16;/h7-10,12-13,16,20H,3-6,11,14-15H2,1-2H3;1H. The summed E-state index contributed by atoms with van der Waals surface area (Å²) in [5.74, 6) is 1.41. The molecule has 1 unspecified atom stereocenters. The summed E-state index contributed by atoms with van der Waals surface area (Å²) >= 11 is 0. The first-order valence-corrected chi connectivity index (χ1v) is 9.58. The molecular formula is C22H29ClN2O. The molecule has 2 aliphatic rings. The number of Topliss-reactive ketones (excluding diaryl/α,β-unsaturated/α-hetero) is 1. The molecule has 2 aromatic rings. The lowest BCUT2D eigenvalue weighted by molar-refractivity contribution is 0.0815. The number of rotatable bonds is 5. The van der Waals surface area contributed by atoms with Crippen molar-refractivity contribution in [3.63, 3.8) is 0 Å². The third-order valence-corrected chi connectivity index (χ3v) is 5.71. The summed E-state index contributed by atoms with van der Waals surface area (Å²) in [6, 6.07) is 12.6. The minimum absolute atomic E-state index is 0. The molecule has 4 rings (SSSR count). The van der Waals surface area contributed by atoms with Gasteiger partial charge in [0.05, 0.1) is 0 Å². The Kier molecular flexibility index (Phi) is 5.89. The molecule has 2 aromatic carbocycles. The second kappa shape index (κ2) is 7.98. The van der Waals surface area contributed by atoms with E-state index in [-0.39, 0.29) is 18.3 Å². The Morgan fingerprint density at radius 1 is 1.08 bits per heavy atom. The van der Waals surface area contributed by atoms with Crippen molar-refractivity contribution in [1.29, 1.82) is 0 Å². The van der Waals surface area contributed by atoms with E-state index in [1.165, 1.54) is 37.0 Å². The molecule has 1 saturated carbocycles. The number of nitrogens with zero attached hydrogens (tertiary/aromatic N) is 2. The maximum Gasteiger partial charge on any atom is 0.167 e. The average molecular weight is 373 g/mol. The van der Waals surface area contributed by atoms with Crippen LogP contribution >= 0.6 is 12.4 Å². The van der Waals surface area contributed by atoms with Crippen molar-refractivity contribution in [3.05, 3.63) is 42.0 Å². The van der Waals surface area contributed by atoms with E-state index in [4.69, 9.17) is 0 Å². The zero-order valence-electron chi connectivity index (χ0n) is 15.8. The number of likely N-dealkylation sites (tertiary alicyclic amines) is 1. The van der Waals surface area contributed by atoms with E-state index in [1.54, 1.807) is 0 Å². The zero-order chi connectivity index (χ0) is 17.4. The molecule has 1 saturated heterocycles. The summed E-state index contributed by atoms with van der Waals surface area (Å²) in [6.07, 6.45) is 4.96. The van der Waals surface area contributed by atoms with Gasteiger partial charge in [-0.05, 0) is 67.1 Å². The number of piperidine rings is 1. The van der Waals surface area contributed by atoms with E-state index in [0.717, 1.165) is 36.3 Å². The highest BCUT2D eigenvalue weighted by molar-refractivity contribution is 6.01. The van der Waals surface area contributed by atoms with Gasteiger partial charge in [-0.2, -0.15) is 0 Å². The Morgan fingerprint density at radius 3 is 2.54 bits per heavy atom. The van der Waals surface area contributed by atoms with Gasteiger partial charge in [0.1, 0.15) is 0 Å². The fourth-order valence-electron chi connectivity index (χ4n) is 4.00. The van der Waals surface area contributed by atoms with E-state index < -0.39 is 0 Å². The maximum absolute atomic E-state index is 13.0. The Bertz CT molecular complexity index is 785. The van der Waals surface area contributed by atoms with Gasteiger partial charge in [0.25, 0.3) is 0 Å². The van der Waals surface area contributed by atoms with Crippen LogP contribution in [0.3, 0.4) is 0 Å². The van der Waals surface area contributed by atoms with Crippen LogP contribution in [0.15, 0.2) is 36.4 Å². The van der Waals surface area contributed by atoms with Crippen LogP contribution in [0.4, 0.5) is 5.69 Å². The number of ketones is 1. The van der Waals surface area contributed by atoms with Crippen molar-refractivity contribution in [1.82, 2.24) is 4.90 Å². The molecule has 26 heavy (non-hydrogen) atoms. The number of halogens is 1. The van der Waals surface area contributed by atoms with Gasteiger partial charge in [-0.1, -0.05) is 18.2 Å². The predicted molar refractivity (Wildman–Crippen MR) is 112 cm³/mol. The lowest BCUT2D eigenvalue weighted by Crippen LogP contribution is -2.39. The van der Waals surface area contributed by atoms with Crippen LogP contribution in [-0.4, -0.2) is 44.4 Å². The van der Waals surface area contributed by atoms with Crippen molar-refractivity contribution in [3.8, 4) is 0 Å². The summed E-state index contributed by atoms with van der Waals surface area (Å²) in [7, 11) is 4.10. The number of carbonyl (C=O) groups is 1. The van der Waals surface area contributed by atoms with Crippen molar-refractivity contribution in [2.24, 2.45) is 11.8 Å². The van der Waals surface area contributed by atoms with Crippen LogP contribution in [0.5, 0.6) is 0 Å². The molecule has 1 aliphatic carbocycles. The fourth-order valence-corrected chi connectivity index (χ4v) is 4.00. The van der Waals surface area contributed by atoms with E-state index >= 15 is 0 Å². The highest BCUT2D eigenvalue weighted by Gasteiger charge is 2.30. The number of carbonyl (C=O) groups excluding carboxylic acids is 1. The molecule has 140 valence electrons. The first-order valence-electron chi connectivity index (χ1n) is 9.58. The van der Waals surface area contributed by atoms with Crippen LogP contribution in [0.1, 0.15) is 36.0 Å². The molecule has 2 fully saturated rings. The molecule has 4 heteroatoms. The van der Waals surface area contributed by atoms with Gasteiger partial charge < -0.3 is 9.80 Å². The molecule has 0 N–H and O–H groups in total. The van der Waals surface area contributed by atoms with Gasteiger partial charge in [0.15, 0.2) is 5.78 Å². The van der Waals surface area contributed by atoms with Crippen LogP contribution in [-0.2, 0) is 0 Å². The Labute approximate surface area is 162 Å². The van der Waals surface area contributed by atoms with Gasteiger partial charge in [-0.3, -0.25) is 4.79 Å². The predicted octanol–water partition coefficient (Wildman–Crippen LogP) is 4.63. The minimum Gasteiger partial charge on any atom is -0.378 e. The summed E-state index contributed by atoms with van der Waals surface area (Å²) in [5.41, 5.74) is 2.07. The quantitative estimate of drug-likeness (QED) is 0.715. The molecule has 0 radical (unpaired) electrons. The van der Waals surface area contributed by atoms with Gasteiger partial charge >= 0.3 is 0 Å². The number of benzene rings is 2. The second-order valence-corrected chi connectivity index (χ2v) is 8.05. The van der Waals surface area contributed by atoms with Gasteiger partial charge in [0, 0.05) is 44.4 Å². The highest BCUT2D eigenvalue weighted by atomic mass is 35.5. The Morgan fingerprint density at radius 2 is 1.81 bits per heavy atom. The zero-order valence-corrected chi connectivity index (χ0v) is 16.6. The number of fused-ring (bicyclic) bond motifs is 1. The van der Waals surface area contributed by atoms with Crippen molar-refractivity contribution < 1.29 is 4.79 Å². The topological polar surface area (TPSA) is 23.6 Å². The molecule has 1 heterocycles. The first-order chi connectivity index (χ1) is 12.1. The minimum atomic E-state index is 0. The molecule has 1 atom stereocenters. The van der Waals surface area contributed by atoms with E-state index in [2.05, 4.69) is 54.2 Å². The van der Waals surface area contributed by atoms with Crippen molar-refractivity contribution in [2.75, 3.05) is 38.6 Å². The van der Waals surface area contributed by atoms with Crippen LogP contribution < -0.4 is 4.90 Å². The molecule has 0 spiro atoms. The van der Waals surface area contributed by atoms with E-state index in [9.17, 15) is 4.79 Å². The van der Waals surface area contributed by atoms with E-state index in [1.807, 2.05) is 6.07 Å². The van der Waals surface area contributed by atoms with Crippen molar-refractivity contribution >= 4 is 34.7 Å². The third kappa shape index (κ3) is 4.21. The SMILES string of the molecule is CN(C)c1ccc2cc(C(=O)C3CCCN(CC4CC4)C3)ccc2c1.Cl. The summed E-state index contributed by atoms with van der Waals surface area (Å²) in [4.78, 5) is 17.7. The monoisotopic (exact) mass is 372 g/mol. The number of anilines is 1. The number of hydrogen-bond donors (Lipinski definition) is 0. The normalized spacial score (nSPS) is 20.6. The summed E-state index contributed by atoms with van der Waals surface area (Å²) < 4.78 is 0. The fraction of sp³-hybridized carbons (Fsp3) is 0.500. The van der Waals surface area contributed by atoms with Crippen LogP contribution in [0.2, 0.25) is 0 Å². The van der Waals surface area contributed by atoms with E-state index in [0.29, 0.717) is 5.78 Å². The molecule has 1 aliphatic heterocycles. The molecular weight excluding hydrogens is 344 g/mol. The molecule has 3 nitrogen and oxygen atoms in total. The van der Waals surface area contributed by atoms with Crippen LogP contribution in [0.25, 0.3) is 10.8 Å². The second-order valence-electron chi connectivity index (χ2n) is 8.05. The molecule has 0 aromatic heterocycles. The molecule has 0 bridgehead atoms. The van der Waals surface area contributed by atoms with Crippen LogP contribution in [0, 0.1) is 11.8 Å². The summed E-state index contributed by atoms with van der Waals surface area (Å²) in [6.45, 7) is 3.33. The number of hydrogen-bond acceptors (Lipinski definition) is 3. The lowest BCUT2D eigenvalue weighted by Gasteiger charge is -2.32. The highest BCUT2D eigenvalue weighted by Crippen LogP contribution is 2.32. The van der Waals surface area contributed by atoms with Gasteiger partial charge in [-0.25, -0.2) is 0 Å². The maximum atomic E-state index is 13.0. The Hall–Kier alpha value is -1.58. The summed E-state index contributed by atoms with van der Waals surface area (Å²) in [5, 5.41) is 2.35. The smallest absolute Gasteiger partial charge is 0.167 e. The first kappa shape index (κ1) is 19.2.